The first kappa shape index (κ1) is 18.4. The van der Waals surface area contributed by atoms with Gasteiger partial charge in [-0.3, -0.25) is 14.7 Å². The molecule has 0 aromatic carbocycles. The van der Waals surface area contributed by atoms with E-state index in [1.54, 1.807) is 0 Å². The summed E-state index contributed by atoms with van der Waals surface area (Å²) in [6.07, 6.45) is 3.08. The molecule has 3 unspecified atom stereocenters. The van der Waals surface area contributed by atoms with Crippen molar-refractivity contribution in [1.29, 1.82) is 0 Å². The van der Waals surface area contributed by atoms with Crippen molar-refractivity contribution >= 4 is 11.7 Å². The van der Waals surface area contributed by atoms with Gasteiger partial charge < -0.3 is 20.1 Å². The maximum Gasteiger partial charge on any atom is 0.228 e. The number of nitrogens with two attached hydrogens (primary N) is 1. The number of hydrogen-bond donors (Lipinski definition) is 1. The van der Waals surface area contributed by atoms with E-state index in [0.717, 1.165) is 5.70 Å². The Labute approximate surface area is 149 Å². The van der Waals surface area contributed by atoms with Crippen LogP contribution < -0.4 is 5.73 Å². The van der Waals surface area contributed by atoms with E-state index in [2.05, 4.69) is 9.89 Å². The first-order valence-corrected chi connectivity index (χ1v) is 9.04. The molecule has 0 radical (unpaired) electrons. The van der Waals surface area contributed by atoms with Crippen molar-refractivity contribution in [3.05, 3.63) is 11.8 Å². The summed E-state index contributed by atoms with van der Waals surface area (Å²) in [6.45, 7) is 10.4. The number of morpholine rings is 1. The van der Waals surface area contributed by atoms with Gasteiger partial charge in [0.2, 0.25) is 5.91 Å². The van der Waals surface area contributed by atoms with Crippen molar-refractivity contribution in [2.75, 3.05) is 26.5 Å². The number of nitrogens with zero attached hydrogens (tertiary/aromatic N) is 3. The van der Waals surface area contributed by atoms with E-state index in [-0.39, 0.29) is 29.6 Å². The van der Waals surface area contributed by atoms with Crippen LogP contribution in [0.15, 0.2) is 16.8 Å². The van der Waals surface area contributed by atoms with E-state index in [9.17, 15) is 4.79 Å². The normalized spacial score (nSPS) is 31.4. The highest BCUT2D eigenvalue weighted by atomic mass is 16.5. The second-order valence-corrected chi connectivity index (χ2v) is 8.08. The van der Waals surface area contributed by atoms with Crippen molar-refractivity contribution in [3.8, 4) is 0 Å². The summed E-state index contributed by atoms with van der Waals surface area (Å²) in [7, 11) is 0. The minimum absolute atomic E-state index is 0.0617. The van der Waals surface area contributed by atoms with Crippen molar-refractivity contribution in [3.63, 3.8) is 0 Å². The topological polar surface area (TPSA) is 80.4 Å². The van der Waals surface area contributed by atoms with Gasteiger partial charge in [0.05, 0.1) is 36.7 Å². The van der Waals surface area contributed by atoms with E-state index in [1.807, 2.05) is 38.7 Å². The molecule has 2 bridgehead atoms. The van der Waals surface area contributed by atoms with Crippen LogP contribution in [0.3, 0.4) is 0 Å². The predicted molar refractivity (Wildman–Crippen MR) is 96.1 cm³/mol. The fourth-order valence-electron chi connectivity index (χ4n) is 3.60. The average Bonchev–Trinajstić information content (AvgIpc) is 2.57. The van der Waals surface area contributed by atoms with E-state index in [1.165, 1.54) is 0 Å². The molecule has 25 heavy (non-hydrogen) atoms. The molecule has 0 spiro atoms. The van der Waals surface area contributed by atoms with Gasteiger partial charge in [0, 0.05) is 31.1 Å². The number of carbonyl (C=O) groups is 1. The number of dihydropyridines is 1. The molecule has 7 nitrogen and oxygen atoms in total. The maximum absolute atomic E-state index is 12.9. The summed E-state index contributed by atoms with van der Waals surface area (Å²) in [5.74, 6) is 0.758. The molecule has 2 fully saturated rings. The number of amidine groups is 1. The number of hydrogen-bond acceptors (Lipinski definition) is 6. The van der Waals surface area contributed by atoms with Crippen LogP contribution in [0.2, 0.25) is 0 Å². The summed E-state index contributed by atoms with van der Waals surface area (Å²) in [5.41, 5.74) is 6.58. The summed E-state index contributed by atoms with van der Waals surface area (Å²) in [6, 6.07) is 0.103. The van der Waals surface area contributed by atoms with Gasteiger partial charge in [-0.15, -0.1) is 0 Å². The van der Waals surface area contributed by atoms with Gasteiger partial charge >= 0.3 is 0 Å². The lowest BCUT2D eigenvalue weighted by molar-refractivity contribution is -0.135. The Balaban J connectivity index is 1.78. The van der Waals surface area contributed by atoms with Gasteiger partial charge in [0.25, 0.3) is 0 Å². The minimum atomic E-state index is -0.211. The molecule has 0 aromatic rings. The number of carbonyl (C=O) groups excluding carboxylic acids is 1. The van der Waals surface area contributed by atoms with E-state index in [4.69, 9.17) is 15.2 Å². The smallest absolute Gasteiger partial charge is 0.228 e. The van der Waals surface area contributed by atoms with Crippen molar-refractivity contribution in [1.82, 2.24) is 9.80 Å². The standard InChI is InChI=1S/C18H30N4O3/c1-12-15(5-6-16(19)20-12)21-8-14-10-24-9-13(7-17(21)23)22(14)11-25-18(2,3)4/h5,12-14H,6-11H2,1-4H3,(H2,19,20). The Hall–Kier alpha value is -1.44. The lowest BCUT2D eigenvalue weighted by Gasteiger charge is -2.41. The zero-order chi connectivity index (χ0) is 18.2. The summed E-state index contributed by atoms with van der Waals surface area (Å²) < 4.78 is 11.8. The zero-order valence-electron chi connectivity index (χ0n) is 15.7. The second kappa shape index (κ2) is 7.05. The fraction of sp³-hybridized carbons (Fsp3) is 0.778. The van der Waals surface area contributed by atoms with E-state index in [0.29, 0.717) is 45.2 Å². The number of aliphatic imine (C=N–C) groups is 1. The largest absolute Gasteiger partial charge is 0.387 e. The molecular weight excluding hydrogens is 320 g/mol. The number of rotatable bonds is 3. The number of ether oxygens (including phenoxy) is 2. The Morgan fingerprint density at radius 2 is 2.08 bits per heavy atom. The Bertz CT molecular complexity index is 581. The molecule has 0 aromatic heterocycles. The van der Waals surface area contributed by atoms with Crippen molar-refractivity contribution in [2.45, 2.75) is 64.3 Å². The first-order valence-electron chi connectivity index (χ1n) is 9.04. The molecule has 140 valence electrons. The van der Waals surface area contributed by atoms with Crippen LogP contribution in [0.5, 0.6) is 0 Å². The quantitative estimate of drug-likeness (QED) is 0.824. The molecule has 0 aliphatic carbocycles. The molecule has 3 aliphatic heterocycles. The highest BCUT2D eigenvalue weighted by Gasteiger charge is 2.40. The third-order valence-corrected chi connectivity index (χ3v) is 4.93. The summed E-state index contributed by atoms with van der Waals surface area (Å²) in [5, 5.41) is 0. The fourth-order valence-corrected chi connectivity index (χ4v) is 3.60. The Kier molecular flexibility index (Phi) is 5.18. The van der Waals surface area contributed by atoms with E-state index >= 15 is 0 Å². The molecule has 3 heterocycles. The van der Waals surface area contributed by atoms with Crippen LogP contribution >= 0.6 is 0 Å². The predicted octanol–water partition coefficient (Wildman–Crippen LogP) is 1.09. The third-order valence-electron chi connectivity index (χ3n) is 4.93. The summed E-state index contributed by atoms with van der Waals surface area (Å²) in [4.78, 5) is 21.5. The van der Waals surface area contributed by atoms with Crippen LogP contribution in [-0.2, 0) is 14.3 Å². The average molecular weight is 350 g/mol. The van der Waals surface area contributed by atoms with Crippen LogP contribution in [0, 0.1) is 0 Å². The van der Waals surface area contributed by atoms with Gasteiger partial charge in [-0.2, -0.15) is 0 Å². The SMILES string of the molecule is CC1N=C(N)CC=C1N1CC2COCC(CC1=O)N2COC(C)(C)C. The van der Waals surface area contributed by atoms with E-state index < -0.39 is 0 Å². The molecule has 1 amide bonds. The Morgan fingerprint density at radius 3 is 2.76 bits per heavy atom. The highest BCUT2D eigenvalue weighted by Crippen LogP contribution is 2.28. The van der Waals surface area contributed by atoms with Crippen LogP contribution in [0.4, 0.5) is 0 Å². The lowest BCUT2D eigenvalue weighted by Crippen LogP contribution is -2.54. The lowest BCUT2D eigenvalue weighted by atomic mass is 10.1. The molecular formula is C18H30N4O3. The third kappa shape index (κ3) is 4.22. The minimum Gasteiger partial charge on any atom is -0.387 e. The molecule has 3 rings (SSSR count). The molecule has 3 aliphatic rings. The van der Waals surface area contributed by atoms with Crippen molar-refractivity contribution in [2.24, 2.45) is 10.7 Å². The number of amides is 1. The van der Waals surface area contributed by atoms with Crippen LogP contribution in [-0.4, -0.2) is 71.8 Å². The van der Waals surface area contributed by atoms with Crippen molar-refractivity contribution < 1.29 is 14.3 Å². The number of fused-ring (bicyclic) bond motifs is 2. The maximum atomic E-state index is 12.9. The molecule has 2 N–H and O–H groups in total. The van der Waals surface area contributed by atoms with Gasteiger partial charge in [0.1, 0.15) is 6.73 Å². The second-order valence-electron chi connectivity index (χ2n) is 8.08. The van der Waals surface area contributed by atoms with Crippen LogP contribution in [0.25, 0.3) is 0 Å². The molecule has 3 atom stereocenters. The first-order chi connectivity index (χ1) is 11.7. The highest BCUT2D eigenvalue weighted by molar-refractivity contribution is 5.84. The molecule has 0 saturated carbocycles. The molecule has 2 saturated heterocycles. The van der Waals surface area contributed by atoms with Gasteiger partial charge in [0.15, 0.2) is 0 Å². The molecule has 7 heteroatoms. The summed E-state index contributed by atoms with van der Waals surface area (Å²) >= 11 is 0. The van der Waals surface area contributed by atoms with Crippen LogP contribution in [0.1, 0.15) is 40.5 Å². The van der Waals surface area contributed by atoms with Gasteiger partial charge in [-0.25, -0.2) is 0 Å². The van der Waals surface area contributed by atoms with Gasteiger partial charge in [-0.1, -0.05) is 6.08 Å². The zero-order valence-corrected chi connectivity index (χ0v) is 15.7. The monoisotopic (exact) mass is 350 g/mol. The Morgan fingerprint density at radius 1 is 1.36 bits per heavy atom. The van der Waals surface area contributed by atoms with Gasteiger partial charge in [-0.05, 0) is 27.7 Å².